The monoisotopic (exact) mass is 380 g/mol. The van der Waals surface area contributed by atoms with Crippen LogP contribution in [0.3, 0.4) is 0 Å². The van der Waals surface area contributed by atoms with E-state index in [-0.39, 0.29) is 6.42 Å². The number of methoxy groups -OCH3 is 1. The number of unbranched alkanes of at least 4 members (excludes halogenated alkanes) is 2. The largest absolute Gasteiger partial charge is 0.493 e. The summed E-state index contributed by atoms with van der Waals surface area (Å²) in [7, 11) is 1.49. The van der Waals surface area contributed by atoms with Crippen LogP contribution < -0.4 is 4.74 Å². The minimum absolute atomic E-state index is 0.256. The molecule has 28 heavy (non-hydrogen) atoms. The van der Waals surface area contributed by atoms with Crippen LogP contribution in [-0.4, -0.2) is 19.7 Å². The van der Waals surface area contributed by atoms with E-state index in [9.17, 15) is 4.79 Å². The van der Waals surface area contributed by atoms with Gasteiger partial charge in [-0.2, -0.15) is 0 Å². The van der Waals surface area contributed by atoms with Crippen molar-refractivity contribution in [1.82, 2.24) is 0 Å². The molecule has 0 aliphatic rings. The first-order valence-electron chi connectivity index (χ1n) is 9.64. The summed E-state index contributed by atoms with van der Waals surface area (Å²) in [5.41, 5.74) is 1.51. The van der Waals surface area contributed by atoms with Crippen LogP contribution in [0.25, 0.3) is 0 Å². The number of ether oxygens (including phenoxy) is 3. The van der Waals surface area contributed by atoms with Gasteiger partial charge in [-0.3, -0.25) is 0 Å². The third-order valence-electron chi connectivity index (χ3n) is 4.39. The molecule has 0 aliphatic heterocycles. The van der Waals surface area contributed by atoms with E-state index in [0.717, 1.165) is 30.4 Å². The lowest BCUT2D eigenvalue weighted by atomic mass is 10.0. The standard InChI is InChI=1S/C24H28O4/c1-4-6-12-18-27-21-17-11-10-16-20(21)22(13-5-2)28-24(25)23(26-3)19-14-8-7-9-15-19/h2,7-11,14-17,22-23H,4,6,12-13,18H2,1,3H3/t22-,23+/m1/s1. The Balaban J connectivity index is 2.16. The molecule has 0 saturated carbocycles. The third kappa shape index (κ3) is 6.14. The van der Waals surface area contributed by atoms with Gasteiger partial charge in [-0.15, -0.1) is 12.3 Å². The quantitative estimate of drug-likeness (QED) is 0.303. The highest BCUT2D eigenvalue weighted by Crippen LogP contribution is 2.32. The van der Waals surface area contributed by atoms with E-state index in [1.165, 1.54) is 7.11 Å². The Morgan fingerprint density at radius 3 is 2.46 bits per heavy atom. The van der Waals surface area contributed by atoms with Crippen molar-refractivity contribution in [3.63, 3.8) is 0 Å². The average Bonchev–Trinajstić information content (AvgIpc) is 2.72. The average molecular weight is 380 g/mol. The van der Waals surface area contributed by atoms with E-state index in [2.05, 4.69) is 12.8 Å². The molecule has 0 spiro atoms. The summed E-state index contributed by atoms with van der Waals surface area (Å²) >= 11 is 0. The molecule has 0 radical (unpaired) electrons. The van der Waals surface area contributed by atoms with Crippen LogP contribution in [0.1, 0.15) is 55.9 Å². The molecule has 0 saturated heterocycles. The van der Waals surface area contributed by atoms with Crippen LogP contribution in [0.2, 0.25) is 0 Å². The van der Waals surface area contributed by atoms with Crippen molar-refractivity contribution >= 4 is 5.97 Å². The molecule has 2 atom stereocenters. The maximum absolute atomic E-state index is 12.8. The Morgan fingerprint density at radius 1 is 1.07 bits per heavy atom. The minimum Gasteiger partial charge on any atom is -0.493 e. The van der Waals surface area contributed by atoms with Gasteiger partial charge in [0.15, 0.2) is 6.10 Å². The van der Waals surface area contributed by atoms with Crippen LogP contribution in [-0.2, 0) is 14.3 Å². The second-order valence-electron chi connectivity index (χ2n) is 6.45. The van der Waals surface area contributed by atoms with Crippen molar-refractivity contribution < 1.29 is 19.0 Å². The highest BCUT2D eigenvalue weighted by Gasteiger charge is 2.27. The van der Waals surface area contributed by atoms with Gasteiger partial charge in [0.05, 0.1) is 13.0 Å². The molecular formula is C24H28O4. The van der Waals surface area contributed by atoms with Crippen LogP contribution >= 0.6 is 0 Å². The summed E-state index contributed by atoms with van der Waals surface area (Å²) in [6.45, 7) is 2.77. The summed E-state index contributed by atoms with van der Waals surface area (Å²) in [5.74, 6) is 2.82. The van der Waals surface area contributed by atoms with Crippen LogP contribution in [0, 0.1) is 12.3 Å². The summed E-state index contributed by atoms with van der Waals surface area (Å²) in [5, 5.41) is 0. The molecule has 2 aromatic carbocycles. The lowest BCUT2D eigenvalue weighted by Crippen LogP contribution is -2.21. The first kappa shape index (κ1) is 21.5. The normalized spacial score (nSPS) is 12.6. The summed E-state index contributed by atoms with van der Waals surface area (Å²) in [6.07, 6.45) is 7.60. The van der Waals surface area contributed by atoms with E-state index in [4.69, 9.17) is 20.6 Å². The zero-order chi connectivity index (χ0) is 20.2. The fourth-order valence-electron chi connectivity index (χ4n) is 2.93. The molecular weight excluding hydrogens is 352 g/mol. The molecule has 0 unspecified atom stereocenters. The molecule has 0 bridgehead atoms. The SMILES string of the molecule is C#CC[C@@H](OC(=O)[C@@H](OC)c1ccccc1)c1ccccc1OCCCCC. The van der Waals surface area contributed by atoms with Crippen LogP contribution in [0.5, 0.6) is 5.75 Å². The molecule has 0 amide bonds. The van der Waals surface area contributed by atoms with Crippen LogP contribution in [0.4, 0.5) is 0 Å². The Kier molecular flexibility index (Phi) is 9.10. The Bertz CT molecular complexity index is 764. The number of hydrogen-bond acceptors (Lipinski definition) is 4. The molecule has 0 heterocycles. The molecule has 0 aromatic heterocycles. The summed E-state index contributed by atoms with van der Waals surface area (Å²) in [4.78, 5) is 12.8. The lowest BCUT2D eigenvalue weighted by molar-refractivity contribution is -0.161. The van der Waals surface area contributed by atoms with E-state index in [1.54, 1.807) is 0 Å². The van der Waals surface area contributed by atoms with Crippen LogP contribution in [0.15, 0.2) is 54.6 Å². The van der Waals surface area contributed by atoms with E-state index in [0.29, 0.717) is 12.4 Å². The highest BCUT2D eigenvalue weighted by molar-refractivity contribution is 5.77. The Labute approximate surface area is 167 Å². The van der Waals surface area contributed by atoms with E-state index >= 15 is 0 Å². The van der Waals surface area contributed by atoms with Crippen molar-refractivity contribution in [2.45, 2.75) is 44.8 Å². The van der Waals surface area contributed by atoms with E-state index in [1.807, 2.05) is 54.6 Å². The first-order chi connectivity index (χ1) is 13.7. The molecule has 0 aliphatic carbocycles. The van der Waals surface area contributed by atoms with Gasteiger partial charge >= 0.3 is 5.97 Å². The summed E-state index contributed by atoms with van der Waals surface area (Å²) < 4.78 is 17.1. The molecule has 4 heteroatoms. The van der Waals surface area contributed by atoms with Gasteiger partial charge in [0.1, 0.15) is 11.9 Å². The second-order valence-corrected chi connectivity index (χ2v) is 6.45. The first-order valence-corrected chi connectivity index (χ1v) is 9.64. The topological polar surface area (TPSA) is 44.8 Å². The molecule has 2 aromatic rings. The molecule has 0 N–H and O–H groups in total. The number of terminal acetylenes is 1. The molecule has 2 rings (SSSR count). The lowest BCUT2D eigenvalue weighted by Gasteiger charge is -2.22. The van der Waals surface area contributed by atoms with Gasteiger partial charge in [-0.25, -0.2) is 4.79 Å². The maximum atomic E-state index is 12.8. The maximum Gasteiger partial charge on any atom is 0.340 e. The van der Waals surface area contributed by atoms with Gasteiger partial charge in [-0.05, 0) is 18.1 Å². The van der Waals surface area contributed by atoms with Gasteiger partial charge in [0.25, 0.3) is 0 Å². The third-order valence-corrected chi connectivity index (χ3v) is 4.39. The predicted octanol–water partition coefficient (Wildman–Crippen LogP) is 5.25. The fourth-order valence-corrected chi connectivity index (χ4v) is 2.93. The van der Waals surface area contributed by atoms with Gasteiger partial charge in [-0.1, -0.05) is 68.3 Å². The summed E-state index contributed by atoms with van der Waals surface area (Å²) in [6, 6.07) is 16.8. The van der Waals surface area contributed by atoms with Crippen molar-refractivity contribution in [2.75, 3.05) is 13.7 Å². The van der Waals surface area contributed by atoms with Gasteiger partial charge < -0.3 is 14.2 Å². The minimum atomic E-state index is -0.806. The highest BCUT2D eigenvalue weighted by atomic mass is 16.6. The van der Waals surface area contributed by atoms with Crippen molar-refractivity contribution in [2.24, 2.45) is 0 Å². The van der Waals surface area contributed by atoms with Crippen molar-refractivity contribution in [3.8, 4) is 18.1 Å². The second kappa shape index (κ2) is 11.8. The van der Waals surface area contributed by atoms with E-state index < -0.39 is 18.2 Å². The molecule has 4 nitrogen and oxygen atoms in total. The van der Waals surface area contributed by atoms with Gasteiger partial charge in [0.2, 0.25) is 0 Å². The number of para-hydroxylation sites is 1. The predicted molar refractivity (Wildman–Crippen MR) is 110 cm³/mol. The zero-order valence-corrected chi connectivity index (χ0v) is 16.6. The molecule has 0 fully saturated rings. The molecule has 148 valence electrons. The Hall–Kier alpha value is -2.77. The smallest absolute Gasteiger partial charge is 0.340 e. The van der Waals surface area contributed by atoms with Crippen molar-refractivity contribution in [3.05, 3.63) is 65.7 Å². The Morgan fingerprint density at radius 2 is 1.79 bits per heavy atom. The number of benzene rings is 2. The number of esters is 1. The number of hydrogen-bond donors (Lipinski definition) is 0. The number of carbonyl (C=O) groups is 1. The van der Waals surface area contributed by atoms with Gasteiger partial charge in [0, 0.05) is 12.7 Å². The number of rotatable bonds is 11. The van der Waals surface area contributed by atoms with Crippen molar-refractivity contribution in [1.29, 1.82) is 0 Å². The fraction of sp³-hybridized carbons (Fsp3) is 0.375. The zero-order valence-electron chi connectivity index (χ0n) is 16.6. The number of carbonyl (C=O) groups excluding carboxylic acids is 1.